The zero-order valence-corrected chi connectivity index (χ0v) is 12.3. The van der Waals surface area contributed by atoms with Crippen molar-refractivity contribution in [2.45, 2.75) is 32.8 Å². The van der Waals surface area contributed by atoms with Crippen LogP contribution in [0.15, 0.2) is 6.07 Å². The van der Waals surface area contributed by atoms with Crippen LogP contribution in [0.2, 0.25) is 0 Å². The Balaban J connectivity index is 2.06. The molecule has 19 heavy (non-hydrogen) atoms. The van der Waals surface area contributed by atoms with Crippen molar-refractivity contribution in [1.82, 2.24) is 14.3 Å². The van der Waals surface area contributed by atoms with Crippen LogP contribution in [0.3, 0.4) is 0 Å². The van der Waals surface area contributed by atoms with Crippen molar-refractivity contribution < 1.29 is 13.2 Å². The Kier molecular flexibility index (Phi) is 4.05. The molecule has 2 heterocycles. The highest BCUT2D eigenvalue weighted by Gasteiger charge is 2.27. The fraction of sp³-hybridized carbons (Fsp3) is 0.667. The lowest BCUT2D eigenvalue weighted by Crippen LogP contribution is -2.43. The molecular weight excluding hydrogens is 266 g/mol. The molecule has 0 radical (unpaired) electrons. The molecule has 1 aromatic heterocycles. The van der Waals surface area contributed by atoms with Crippen LogP contribution in [0.25, 0.3) is 0 Å². The normalized spacial score (nSPS) is 21.3. The Morgan fingerprint density at radius 2 is 2.11 bits per heavy atom. The first-order chi connectivity index (χ1) is 8.84. The van der Waals surface area contributed by atoms with Gasteiger partial charge >= 0.3 is 0 Å². The summed E-state index contributed by atoms with van der Waals surface area (Å²) in [7, 11) is -3.15. The summed E-state index contributed by atoms with van der Waals surface area (Å²) in [6.45, 7) is 4.65. The molecule has 1 aromatic rings. The van der Waals surface area contributed by atoms with Gasteiger partial charge in [0.1, 0.15) is 11.9 Å². The summed E-state index contributed by atoms with van der Waals surface area (Å²) in [6.07, 6.45) is 2.74. The van der Waals surface area contributed by atoms with Crippen LogP contribution in [0.4, 0.5) is 0 Å². The molecule has 1 unspecified atom stereocenters. The number of rotatable bonds is 3. The van der Waals surface area contributed by atoms with E-state index < -0.39 is 10.0 Å². The van der Waals surface area contributed by atoms with Crippen molar-refractivity contribution in [1.29, 1.82) is 0 Å². The number of nitrogens with zero attached hydrogens (tertiary/aromatic N) is 3. The Bertz CT molecular complexity index is 539. The highest BCUT2D eigenvalue weighted by Crippen LogP contribution is 2.19. The SMILES string of the molecule is Cc1cc(OC2CCCN(S(C)(=O)=O)C2)nc(C)n1. The number of piperidine rings is 1. The summed E-state index contributed by atoms with van der Waals surface area (Å²) in [6, 6.07) is 1.77. The third kappa shape index (κ3) is 3.87. The molecule has 6 nitrogen and oxygen atoms in total. The summed E-state index contributed by atoms with van der Waals surface area (Å²) in [5.74, 6) is 1.18. The van der Waals surface area contributed by atoms with E-state index in [1.165, 1.54) is 10.6 Å². The van der Waals surface area contributed by atoms with E-state index in [1.807, 2.05) is 13.8 Å². The van der Waals surface area contributed by atoms with Gasteiger partial charge < -0.3 is 4.74 Å². The number of aryl methyl sites for hydroxylation is 2. The van der Waals surface area contributed by atoms with Gasteiger partial charge in [0.05, 0.1) is 12.8 Å². The maximum atomic E-state index is 11.5. The zero-order valence-electron chi connectivity index (χ0n) is 11.5. The van der Waals surface area contributed by atoms with Gasteiger partial charge in [-0.1, -0.05) is 0 Å². The average molecular weight is 285 g/mol. The van der Waals surface area contributed by atoms with Crippen LogP contribution in [-0.2, 0) is 10.0 Å². The average Bonchev–Trinajstić information content (AvgIpc) is 2.26. The summed E-state index contributed by atoms with van der Waals surface area (Å²) in [4.78, 5) is 8.40. The van der Waals surface area contributed by atoms with Crippen LogP contribution in [0.5, 0.6) is 5.88 Å². The molecular formula is C12H19N3O3S. The van der Waals surface area contributed by atoms with Crippen molar-refractivity contribution in [3.8, 4) is 5.88 Å². The number of ether oxygens (including phenoxy) is 1. The largest absolute Gasteiger partial charge is 0.473 e. The predicted octanol–water partition coefficient (Wildman–Crippen LogP) is 0.896. The van der Waals surface area contributed by atoms with Gasteiger partial charge in [0, 0.05) is 18.3 Å². The Labute approximate surface area is 113 Å². The molecule has 0 aliphatic carbocycles. The van der Waals surface area contributed by atoms with Gasteiger partial charge in [-0.05, 0) is 26.7 Å². The van der Waals surface area contributed by atoms with Crippen LogP contribution < -0.4 is 4.74 Å². The molecule has 0 spiro atoms. The lowest BCUT2D eigenvalue weighted by atomic mass is 10.1. The first-order valence-electron chi connectivity index (χ1n) is 6.28. The van der Waals surface area contributed by atoms with Gasteiger partial charge in [0.25, 0.3) is 0 Å². The highest BCUT2D eigenvalue weighted by atomic mass is 32.2. The standard InChI is InChI=1S/C12H19N3O3S/c1-9-7-12(14-10(2)13-9)18-11-5-4-6-15(8-11)19(3,16)17/h7,11H,4-6,8H2,1-3H3. The number of hydrogen-bond acceptors (Lipinski definition) is 5. The molecule has 2 rings (SSSR count). The van der Waals surface area contributed by atoms with E-state index in [4.69, 9.17) is 4.74 Å². The molecule has 0 amide bonds. The first kappa shape index (κ1) is 14.2. The van der Waals surface area contributed by atoms with E-state index >= 15 is 0 Å². The summed E-state index contributed by atoms with van der Waals surface area (Å²) in [5.41, 5.74) is 0.846. The maximum absolute atomic E-state index is 11.5. The van der Waals surface area contributed by atoms with Gasteiger partial charge in [-0.15, -0.1) is 0 Å². The van der Waals surface area contributed by atoms with E-state index in [-0.39, 0.29) is 6.10 Å². The fourth-order valence-electron chi connectivity index (χ4n) is 2.22. The maximum Gasteiger partial charge on any atom is 0.217 e. The van der Waals surface area contributed by atoms with E-state index in [1.54, 1.807) is 6.07 Å². The highest BCUT2D eigenvalue weighted by molar-refractivity contribution is 7.88. The van der Waals surface area contributed by atoms with Crippen molar-refractivity contribution in [2.75, 3.05) is 19.3 Å². The van der Waals surface area contributed by atoms with Gasteiger partial charge in [-0.3, -0.25) is 0 Å². The van der Waals surface area contributed by atoms with Gasteiger partial charge in [0.15, 0.2) is 0 Å². The molecule has 106 valence electrons. The van der Waals surface area contributed by atoms with Gasteiger partial charge in [-0.2, -0.15) is 9.29 Å². The smallest absolute Gasteiger partial charge is 0.217 e. The lowest BCUT2D eigenvalue weighted by Gasteiger charge is -2.30. The molecule has 1 aliphatic heterocycles. The first-order valence-corrected chi connectivity index (χ1v) is 8.13. The fourth-order valence-corrected chi connectivity index (χ4v) is 3.11. The molecule has 1 saturated heterocycles. The second-order valence-corrected chi connectivity index (χ2v) is 6.88. The third-order valence-electron chi connectivity index (χ3n) is 3.04. The van der Waals surface area contributed by atoms with Crippen LogP contribution in [0.1, 0.15) is 24.4 Å². The van der Waals surface area contributed by atoms with E-state index in [9.17, 15) is 8.42 Å². The Morgan fingerprint density at radius 3 is 2.74 bits per heavy atom. The molecule has 0 saturated carbocycles. The van der Waals surface area contributed by atoms with Gasteiger partial charge in [0.2, 0.25) is 15.9 Å². The number of sulfonamides is 1. The van der Waals surface area contributed by atoms with Crippen molar-refractivity contribution in [3.05, 3.63) is 17.6 Å². The molecule has 0 N–H and O–H groups in total. The Hall–Kier alpha value is -1.21. The van der Waals surface area contributed by atoms with Crippen LogP contribution in [-0.4, -0.2) is 48.1 Å². The number of hydrogen-bond donors (Lipinski definition) is 0. The quantitative estimate of drug-likeness (QED) is 0.825. The molecule has 1 aliphatic rings. The van der Waals surface area contributed by atoms with Crippen molar-refractivity contribution >= 4 is 10.0 Å². The van der Waals surface area contributed by atoms with Gasteiger partial charge in [-0.25, -0.2) is 13.4 Å². The Morgan fingerprint density at radius 1 is 1.37 bits per heavy atom. The van der Waals surface area contributed by atoms with Crippen molar-refractivity contribution in [2.24, 2.45) is 0 Å². The predicted molar refractivity (Wildman–Crippen MR) is 71.6 cm³/mol. The number of aromatic nitrogens is 2. The topological polar surface area (TPSA) is 72.4 Å². The summed E-state index contributed by atoms with van der Waals surface area (Å²) >= 11 is 0. The summed E-state index contributed by atoms with van der Waals surface area (Å²) < 4.78 is 30.3. The minimum atomic E-state index is -3.15. The van der Waals surface area contributed by atoms with E-state index in [0.29, 0.717) is 24.8 Å². The lowest BCUT2D eigenvalue weighted by molar-refractivity contribution is 0.124. The zero-order chi connectivity index (χ0) is 14.0. The van der Waals surface area contributed by atoms with E-state index in [2.05, 4.69) is 9.97 Å². The summed E-state index contributed by atoms with van der Waals surface area (Å²) in [5, 5.41) is 0. The molecule has 1 atom stereocenters. The van der Waals surface area contributed by atoms with Crippen molar-refractivity contribution in [3.63, 3.8) is 0 Å². The van der Waals surface area contributed by atoms with E-state index in [0.717, 1.165) is 18.5 Å². The minimum Gasteiger partial charge on any atom is -0.473 e. The monoisotopic (exact) mass is 285 g/mol. The third-order valence-corrected chi connectivity index (χ3v) is 4.31. The second kappa shape index (κ2) is 5.42. The second-order valence-electron chi connectivity index (χ2n) is 4.90. The molecule has 0 bridgehead atoms. The molecule has 1 fully saturated rings. The van der Waals surface area contributed by atoms with Crippen LogP contribution in [0, 0.1) is 13.8 Å². The minimum absolute atomic E-state index is 0.142. The molecule has 7 heteroatoms. The van der Waals surface area contributed by atoms with Crippen LogP contribution >= 0.6 is 0 Å². The molecule has 0 aromatic carbocycles.